The van der Waals surface area contributed by atoms with E-state index in [4.69, 9.17) is 5.11 Å². The fraction of sp³-hybridized carbons (Fsp3) is 0.409. The molecule has 0 spiro atoms. The Morgan fingerprint density at radius 3 is 1.29 bits per heavy atom. The first-order valence-corrected chi connectivity index (χ1v) is 8.89. The number of carbonyl (C=O) groups is 1. The third-order valence-corrected chi connectivity index (χ3v) is 3.12. The van der Waals surface area contributed by atoms with Gasteiger partial charge >= 0.3 is 5.97 Å². The van der Waals surface area contributed by atoms with Crippen molar-refractivity contribution < 1.29 is 9.90 Å². The van der Waals surface area contributed by atoms with Crippen molar-refractivity contribution in [1.29, 1.82) is 0 Å². The molecule has 1 N–H and O–H groups in total. The molecule has 0 aliphatic rings. The van der Waals surface area contributed by atoms with Crippen molar-refractivity contribution in [3.05, 3.63) is 72.9 Å². The minimum atomic E-state index is -0.741. The first kappa shape index (κ1) is 21.9. The van der Waals surface area contributed by atoms with Gasteiger partial charge in [0, 0.05) is 6.42 Å². The van der Waals surface area contributed by atoms with Gasteiger partial charge in [0.15, 0.2) is 0 Å². The number of allylic oxidation sites excluding steroid dienone is 12. The lowest BCUT2D eigenvalue weighted by Crippen LogP contribution is -1.91. The summed E-state index contributed by atoms with van der Waals surface area (Å²) >= 11 is 0. The number of carboxylic acids is 1. The van der Waals surface area contributed by atoms with E-state index in [2.05, 4.69) is 67.7 Å². The van der Waals surface area contributed by atoms with Crippen LogP contribution in [0.2, 0.25) is 0 Å². The van der Waals surface area contributed by atoms with Gasteiger partial charge in [0.1, 0.15) is 0 Å². The Hall–Kier alpha value is -2.09. The Kier molecular flexibility index (Phi) is 17.3. The Bertz CT molecular complexity index is 462. The van der Waals surface area contributed by atoms with Gasteiger partial charge in [-0.2, -0.15) is 0 Å². The van der Waals surface area contributed by atoms with E-state index in [-0.39, 0.29) is 6.42 Å². The van der Waals surface area contributed by atoms with E-state index < -0.39 is 5.97 Å². The summed E-state index contributed by atoms with van der Waals surface area (Å²) in [6.07, 6.45) is 32.5. The molecule has 0 aromatic carbocycles. The Labute approximate surface area is 147 Å². The summed E-state index contributed by atoms with van der Waals surface area (Å²) in [6, 6.07) is 0. The Balaban J connectivity index is 3.51. The quantitative estimate of drug-likeness (QED) is 0.367. The van der Waals surface area contributed by atoms with E-state index >= 15 is 0 Å². The average Bonchev–Trinajstić information content (AvgIpc) is 2.56. The molecule has 0 unspecified atom stereocenters. The summed E-state index contributed by atoms with van der Waals surface area (Å²) in [5.41, 5.74) is 0. The molecule has 0 aliphatic heterocycles. The third kappa shape index (κ3) is 19.9. The molecule has 0 aliphatic carbocycles. The van der Waals surface area contributed by atoms with Crippen LogP contribution in [0.1, 0.15) is 58.3 Å². The molecule has 0 radical (unpaired) electrons. The minimum absolute atomic E-state index is 0.210. The SMILES string of the molecule is CC/C=C\C/C=C/C/C=C\C/C=C\C/C=C\C/C=C\CCC(=O)O. The van der Waals surface area contributed by atoms with Crippen LogP contribution in [0.25, 0.3) is 0 Å². The van der Waals surface area contributed by atoms with E-state index in [0.717, 1.165) is 38.5 Å². The fourth-order valence-corrected chi connectivity index (χ4v) is 1.85. The van der Waals surface area contributed by atoms with E-state index in [9.17, 15) is 4.79 Å². The number of hydrogen-bond acceptors (Lipinski definition) is 1. The fourth-order valence-electron chi connectivity index (χ4n) is 1.85. The highest BCUT2D eigenvalue weighted by molar-refractivity contribution is 5.66. The van der Waals surface area contributed by atoms with Gasteiger partial charge in [-0.1, -0.05) is 79.8 Å². The monoisotopic (exact) mass is 328 g/mol. The summed E-state index contributed by atoms with van der Waals surface area (Å²) < 4.78 is 0. The lowest BCUT2D eigenvalue weighted by molar-refractivity contribution is -0.136. The van der Waals surface area contributed by atoms with Gasteiger partial charge in [0.2, 0.25) is 0 Å². The molecule has 0 aromatic rings. The maximum atomic E-state index is 10.3. The molecule has 0 rings (SSSR count). The molecule has 0 saturated heterocycles. The zero-order valence-corrected chi connectivity index (χ0v) is 14.9. The molecule has 0 heterocycles. The van der Waals surface area contributed by atoms with Crippen molar-refractivity contribution in [1.82, 2.24) is 0 Å². The van der Waals surface area contributed by atoms with Crippen molar-refractivity contribution in [2.24, 2.45) is 0 Å². The second-order valence-corrected chi connectivity index (χ2v) is 5.35. The number of hydrogen-bond donors (Lipinski definition) is 1. The number of aliphatic carboxylic acids is 1. The zero-order chi connectivity index (χ0) is 17.7. The van der Waals surface area contributed by atoms with Crippen LogP contribution in [0.4, 0.5) is 0 Å². The zero-order valence-electron chi connectivity index (χ0n) is 14.9. The molecule has 0 aromatic heterocycles. The molecule has 0 atom stereocenters. The van der Waals surface area contributed by atoms with Gasteiger partial charge in [0.05, 0.1) is 0 Å². The summed E-state index contributed by atoms with van der Waals surface area (Å²) in [5, 5.41) is 8.49. The van der Waals surface area contributed by atoms with Gasteiger partial charge in [-0.3, -0.25) is 4.79 Å². The highest BCUT2D eigenvalue weighted by atomic mass is 16.4. The van der Waals surface area contributed by atoms with Gasteiger partial charge in [0.25, 0.3) is 0 Å². The predicted molar refractivity (Wildman–Crippen MR) is 105 cm³/mol. The average molecular weight is 328 g/mol. The first-order chi connectivity index (χ1) is 11.8. The predicted octanol–water partition coefficient (Wildman–Crippen LogP) is 6.55. The standard InChI is InChI=1S/C22H32O2/c1-2-3-4-5-6-7-8-9-10-11-12-13-14-15-16-17-18-19-20-21-22(23)24/h3-4,6-7,9-10,12-13,15-16,18-19H,2,5,8,11,14,17,20-21H2,1H3,(H,23,24)/b4-3-,7-6+,10-9-,13-12-,16-15-,19-18-. The molecule has 0 bridgehead atoms. The largest absolute Gasteiger partial charge is 0.481 e. The highest BCUT2D eigenvalue weighted by Gasteiger charge is 1.90. The van der Waals surface area contributed by atoms with Gasteiger partial charge in [-0.25, -0.2) is 0 Å². The molecule has 0 amide bonds. The summed E-state index contributed by atoms with van der Waals surface area (Å²) in [7, 11) is 0. The highest BCUT2D eigenvalue weighted by Crippen LogP contribution is 1.97. The van der Waals surface area contributed by atoms with E-state index in [1.54, 1.807) is 0 Å². The van der Waals surface area contributed by atoms with Crippen molar-refractivity contribution in [3.8, 4) is 0 Å². The number of rotatable bonds is 14. The van der Waals surface area contributed by atoms with Crippen LogP contribution < -0.4 is 0 Å². The van der Waals surface area contributed by atoms with Crippen molar-refractivity contribution >= 4 is 5.97 Å². The molecule has 0 saturated carbocycles. The van der Waals surface area contributed by atoms with Crippen LogP contribution in [0, 0.1) is 0 Å². The molecule has 2 nitrogen and oxygen atoms in total. The molecule has 2 heteroatoms. The minimum Gasteiger partial charge on any atom is -0.481 e. The molecule has 132 valence electrons. The number of carboxylic acid groups (broad SMARTS) is 1. The van der Waals surface area contributed by atoms with Crippen molar-refractivity contribution in [2.45, 2.75) is 58.3 Å². The Morgan fingerprint density at radius 1 is 0.625 bits per heavy atom. The third-order valence-electron chi connectivity index (χ3n) is 3.12. The topological polar surface area (TPSA) is 37.3 Å². The lowest BCUT2D eigenvalue weighted by Gasteiger charge is -1.87. The summed E-state index contributed by atoms with van der Waals surface area (Å²) in [6.45, 7) is 2.15. The van der Waals surface area contributed by atoms with E-state index in [0.29, 0.717) is 6.42 Å². The normalized spacial score (nSPS) is 13.0. The van der Waals surface area contributed by atoms with Crippen LogP contribution in [0.5, 0.6) is 0 Å². The summed E-state index contributed by atoms with van der Waals surface area (Å²) in [5.74, 6) is -0.741. The first-order valence-electron chi connectivity index (χ1n) is 8.89. The molecular weight excluding hydrogens is 296 g/mol. The van der Waals surface area contributed by atoms with E-state index in [1.165, 1.54) is 0 Å². The summed E-state index contributed by atoms with van der Waals surface area (Å²) in [4.78, 5) is 10.3. The Morgan fingerprint density at radius 2 is 0.958 bits per heavy atom. The lowest BCUT2D eigenvalue weighted by atomic mass is 10.2. The van der Waals surface area contributed by atoms with Gasteiger partial charge in [-0.05, 0) is 44.9 Å². The van der Waals surface area contributed by atoms with Crippen LogP contribution in [0.3, 0.4) is 0 Å². The van der Waals surface area contributed by atoms with Crippen LogP contribution in [0.15, 0.2) is 72.9 Å². The van der Waals surface area contributed by atoms with E-state index in [1.807, 2.05) is 12.2 Å². The second-order valence-electron chi connectivity index (χ2n) is 5.35. The van der Waals surface area contributed by atoms with Crippen molar-refractivity contribution in [2.75, 3.05) is 0 Å². The molecule has 24 heavy (non-hydrogen) atoms. The smallest absolute Gasteiger partial charge is 0.303 e. The van der Waals surface area contributed by atoms with Crippen LogP contribution in [-0.2, 0) is 4.79 Å². The van der Waals surface area contributed by atoms with Crippen LogP contribution >= 0.6 is 0 Å². The maximum absolute atomic E-state index is 10.3. The van der Waals surface area contributed by atoms with Crippen molar-refractivity contribution in [3.63, 3.8) is 0 Å². The van der Waals surface area contributed by atoms with Gasteiger partial charge in [-0.15, -0.1) is 0 Å². The van der Waals surface area contributed by atoms with Gasteiger partial charge < -0.3 is 5.11 Å². The molecular formula is C22H32O2. The molecule has 0 fully saturated rings. The second kappa shape index (κ2) is 19.0. The maximum Gasteiger partial charge on any atom is 0.303 e. The van der Waals surface area contributed by atoms with Crippen LogP contribution in [-0.4, -0.2) is 11.1 Å².